The van der Waals surface area contributed by atoms with Crippen molar-refractivity contribution in [1.29, 1.82) is 0 Å². The zero-order chi connectivity index (χ0) is 18.0. The lowest BCUT2D eigenvalue weighted by atomic mass is 9.87. The van der Waals surface area contributed by atoms with Gasteiger partial charge >= 0.3 is 0 Å². The number of nitrogens with zero attached hydrogens (tertiary/aromatic N) is 2. The zero-order valence-electron chi connectivity index (χ0n) is 15.0. The number of hydrogen-bond acceptors (Lipinski definition) is 3. The van der Waals surface area contributed by atoms with E-state index in [9.17, 15) is 4.79 Å². The number of imidazole rings is 1. The number of hydrogen-bond donors (Lipinski definition) is 1. The van der Waals surface area contributed by atoms with Crippen LogP contribution >= 0.6 is 0 Å². The molecule has 0 saturated carbocycles. The van der Waals surface area contributed by atoms with Gasteiger partial charge in [0.15, 0.2) is 6.61 Å². The summed E-state index contributed by atoms with van der Waals surface area (Å²) in [4.78, 5) is 16.6. The Morgan fingerprint density at radius 1 is 1.12 bits per heavy atom. The molecule has 0 aliphatic carbocycles. The number of carbonyl (C=O) groups is 1. The van der Waals surface area contributed by atoms with E-state index in [0.29, 0.717) is 11.7 Å². The minimum absolute atomic E-state index is 0.0575. The summed E-state index contributed by atoms with van der Waals surface area (Å²) < 4.78 is 7.43. The largest absolute Gasteiger partial charge is 0.484 e. The second-order valence-corrected chi connectivity index (χ2v) is 7.09. The highest BCUT2D eigenvalue weighted by Gasteiger charge is 2.14. The van der Waals surface area contributed by atoms with Crippen molar-refractivity contribution in [3.63, 3.8) is 0 Å². The van der Waals surface area contributed by atoms with Crippen LogP contribution in [0.25, 0.3) is 11.0 Å². The summed E-state index contributed by atoms with van der Waals surface area (Å²) in [6.07, 6.45) is 0. The Bertz CT molecular complexity index is 889. The third-order valence-electron chi connectivity index (χ3n) is 4.13. The van der Waals surface area contributed by atoms with Crippen LogP contribution in [-0.2, 0) is 17.3 Å². The lowest BCUT2D eigenvalue weighted by molar-refractivity contribution is -0.118. The molecule has 2 aromatic carbocycles. The van der Waals surface area contributed by atoms with Gasteiger partial charge in [0.05, 0.1) is 11.0 Å². The molecule has 1 heterocycles. The van der Waals surface area contributed by atoms with Crippen LogP contribution in [0.5, 0.6) is 5.75 Å². The normalized spacial score (nSPS) is 11.5. The van der Waals surface area contributed by atoms with Gasteiger partial charge in [-0.1, -0.05) is 45.0 Å². The summed E-state index contributed by atoms with van der Waals surface area (Å²) in [7, 11) is 1.87. The van der Waals surface area contributed by atoms with Crippen molar-refractivity contribution in [2.75, 3.05) is 11.9 Å². The fourth-order valence-corrected chi connectivity index (χ4v) is 2.62. The maximum Gasteiger partial charge on any atom is 0.264 e. The molecule has 3 rings (SSSR count). The highest BCUT2D eigenvalue weighted by atomic mass is 16.5. The van der Waals surface area contributed by atoms with E-state index in [1.54, 1.807) is 0 Å². The van der Waals surface area contributed by atoms with Crippen molar-refractivity contribution in [1.82, 2.24) is 9.55 Å². The van der Waals surface area contributed by atoms with E-state index in [0.717, 1.165) is 11.0 Å². The highest BCUT2D eigenvalue weighted by Crippen LogP contribution is 2.24. The number of rotatable bonds is 4. The van der Waals surface area contributed by atoms with Gasteiger partial charge in [0, 0.05) is 7.05 Å². The molecule has 1 amide bonds. The van der Waals surface area contributed by atoms with Crippen LogP contribution in [0, 0.1) is 0 Å². The molecule has 1 aromatic heterocycles. The first-order valence-corrected chi connectivity index (χ1v) is 8.29. The topological polar surface area (TPSA) is 56.2 Å². The molecule has 5 heteroatoms. The Balaban J connectivity index is 1.62. The Morgan fingerprint density at radius 3 is 2.44 bits per heavy atom. The van der Waals surface area contributed by atoms with Gasteiger partial charge in [0.2, 0.25) is 5.95 Å². The molecule has 3 aromatic rings. The number of anilines is 1. The number of amides is 1. The summed E-state index contributed by atoms with van der Waals surface area (Å²) in [5.74, 6) is 0.948. The molecule has 0 saturated heterocycles. The van der Waals surface area contributed by atoms with E-state index in [4.69, 9.17) is 4.74 Å². The van der Waals surface area contributed by atoms with Crippen molar-refractivity contribution >= 4 is 22.9 Å². The average molecular weight is 337 g/mol. The predicted octanol–water partition coefficient (Wildman–Crippen LogP) is 3.89. The van der Waals surface area contributed by atoms with Crippen LogP contribution in [0.1, 0.15) is 26.3 Å². The van der Waals surface area contributed by atoms with Gasteiger partial charge in [0.1, 0.15) is 5.75 Å². The molecule has 25 heavy (non-hydrogen) atoms. The molecule has 1 N–H and O–H groups in total. The molecular formula is C20H23N3O2. The first-order chi connectivity index (χ1) is 11.8. The van der Waals surface area contributed by atoms with Crippen molar-refractivity contribution in [2.45, 2.75) is 26.2 Å². The molecule has 5 nitrogen and oxygen atoms in total. The van der Waals surface area contributed by atoms with Crippen LogP contribution in [0.15, 0.2) is 48.5 Å². The number of fused-ring (bicyclic) bond motifs is 1. The maximum absolute atomic E-state index is 12.2. The Labute approximate surface area is 147 Å². The molecule has 0 unspecified atom stereocenters. The van der Waals surface area contributed by atoms with Gasteiger partial charge in [-0.25, -0.2) is 4.98 Å². The van der Waals surface area contributed by atoms with Gasteiger partial charge in [-0.2, -0.15) is 0 Å². The Kier molecular flexibility index (Phi) is 4.49. The van der Waals surface area contributed by atoms with Gasteiger partial charge in [-0.3, -0.25) is 10.1 Å². The summed E-state index contributed by atoms with van der Waals surface area (Å²) >= 11 is 0. The second kappa shape index (κ2) is 6.59. The first-order valence-electron chi connectivity index (χ1n) is 8.29. The van der Waals surface area contributed by atoms with Crippen LogP contribution in [-0.4, -0.2) is 22.1 Å². The third-order valence-corrected chi connectivity index (χ3v) is 4.13. The van der Waals surface area contributed by atoms with Gasteiger partial charge < -0.3 is 9.30 Å². The summed E-state index contributed by atoms with van der Waals surface area (Å²) in [5.41, 5.74) is 3.13. The van der Waals surface area contributed by atoms with E-state index in [-0.39, 0.29) is 17.9 Å². The SMILES string of the molecule is Cn1c(NC(=O)COc2ccc(C(C)(C)C)cc2)nc2ccccc21. The number of aryl methyl sites for hydroxylation is 1. The van der Waals surface area contributed by atoms with Crippen LogP contribution < -0.4 is 10.1 Å². The fraction of sp³-hybridized carbons (Fsp3) is 0.300. The second-order valence-electron chi connectivity index (χ2n) is 7.09. The van der Waals surface area contributed by atoms with Crippen LogP contribution in [0.3, 0.4) is 0 Å². The predicted molar refractivity (Wildman–Crippen MR) is 100.0 cm³/mol. The number of aromatic nitrogens is 2. The molecule has 130 valence electrons. The summed E-state index contributed by atoms with van der Waals surface area (Å²) in [6, 6.07) is 15.6. The van der Waals surface area contributed by atoms with Gasteiger partial charge in [0.25, 0.3) is 5.91 Å². The Hall–Kier alpha value is -2.82. The zero-order valence-corrected chi connectivity index (χ0v) is 15.0. The molecular weight excluding hydrogens is 314 g/mol. The smallest absolute Gasteiger partial charge is 0.264 e. The van der Waals surface area contributed by atoms with Crippen molar-refractivity contribution in [2.24, 2.45) is 7.05 Å². The standard InChI is InChI=1S/C20H23N3O2/c1-20(2,3)14-9-11-15(12-10-14)25-13-18(24)22-19-21-16-7-5-6-8-17(16)23(19)4/h5-12H,13H2,1-4H3,(H,21,22,24). The van der Waals surface area contributed by atoms with Crippen LogP contribution in [0.4, 0.5) is 5.95 Å². The number of nitrogens with one attached hydrogen (secondary N) is 1. The first kappa shape index (κ1) is 17.0. The number of ether oxygens (including phenoxy) is 1. The van der Waals surface area contributed by atoms with E-state index < -0.39 is 0 Å². The summed E-state index contributed by atoms with van der Waals surface area (Å²) in [5, 5.41) is 2.79. The lowest BCUT2D eigenvalue weighted by Crippen LogP contribution is -2.22. The van der Waals surface area contributed by atoms with Gasteiger partial charge in [-0.05, 0) is 35.2 Å². The molecule has 0 bridgehead atoms. The van der Waals surface area contributed by atoms with Crippen molar-refractivity contribution in [3.05, 3.63) is 54.1 Å². The van der Waals surface area contributed by atoms with E-state index >= 15 is 0 Å². The van der Waals surface area contributed by atoms with Crippen LogP contribution in [0.2, 0.25) is 0 Å². The molecule has 0 aliphatic rings. The number of para-hydroxylation sites is 2. The molecule has 0 spiro atoms. The number of benzene rings is 2. The Morgan fingerprint density at radius 2 is 1.80 bits per heavy atom. The van der Waals surface area contributed by atoms with E-state index in [2.05, 4.69) is 31.1 Å². The average Bonchev–Trinajstić information content (AvgIpc) is 2.89. The minimum atomic E-state index is -0.238. The minimum Gasteiger partial charge on any atom is -0.484 e. The van der Waals surface area contributed by atoms with E-state index in [1.165, 1.54) is 5.56 Å². The molecule has 0 atom stereocenters. The third kappa shape index (κ3) is 3.82. The molecule has 0 radical (unpaired) electrons. The van der Waals surface area contributed by atoms with Crippen molar-refractivity contribution < 1.29 is 9.53 Å². The lowest BCUT2D eigenvalue weighted by Gasteiger charge is -2.19. The van der Waals surface area contributed by atoms with Crippen molar-refractivity contribution in [3.8, 4) is 5.75 Å². The van der Waals surface area contributed by atoms with E-state index in [1.807, 2.05) is 60.1 Å². The monoisotopic (exact) mass is 337 g/mol. The van der Waals surface area contributed by atoms with Gasteiger partial charge in [-0.15, -0.1) is 0 Å². The number of carbonyl (C=O) groups excluding carboxylic acids is 1. The highest BCUT2D eigenvalue weighted by molar-refractivity contribution is 5.92. The quantitative estimate of drug-likeness (QED) is 0.786. The maximum atomic E-state index is 12.2. The fourth-order valence-electron chi connectivity index (χ4n) is 2.62. The summed E-state index contributed by atoms with van der Waals surface area (Å²) in [6.45, 7) is 6.42. The molecule has 0 fully saturated rings. The molecule has 0 aliphatic heterocycles.